The van der Waals surface area contributed by atoms with Crippen LogP contribution < -0.4 is 4.74 Å². The maximum Gasteiger partial charge on any atom is 0.243 e. The molecule has 150 valence electrons. The lowest BCUT2D eigenvalue weighted by Gasteiger charge is -2.34. The number of piperazine rings is 1. The molecule has 0 aromatic heterocycles. The van der Waals surface area contributed by atoms with Gasteiger partial charge in [-0.2, -0.15) is 4.31 Å². The van der Waals surface area contributed by atoms with Crippen LogP contribution in [0, 0.1) is 12.7 Å². The average Bonchev–Trinajstić information content (AvgIpc) is 2.69. The summed E-state index contributed by atoms with van der Waals surface area (Å²) in [6, 6.07) is 12.6. The summed E-state index contributed by atoms with van der Waals surface area (Å²) in [5.41, 5.74) is 1.13. The number of carbonyl (C=O) groups excluding carboxylic acids is 1. The van der Waals surface area contributed by atoms with Crippen LogP contribution in [0.2, 0.25) is 0 Å². The van der Waals surface area contributed by atoms with Crippen molar-refractivity contribution in [2.45, 2.75) is 18.2 Å². The van der Waals surface area contributed by atoms with E-state index in [2.05, 4.69) is 0 Å². The molecular weight excluding hydrogens is 383 g/mol. The highest BCUT2D eigenvalue weighted by atomic mass is 32.2. The SMILES string of the molecule is Cc1ccc(OCCC(=O)N2CCN(S(=O)(=O)c3cccc(F)c3)CC2)cc1. The summed E-state index contributed by atoms with van der Waals surface area (Å²) in [5, 5.41) is 0. The average molecular weight is 406 g/mol. The number of halogens is 1. The van der Waals surface area contributed by atoms with Gasteiger partial charge >= 0.3 is 0 Å². The maximum atomic E-state index is 13.3. The van der Waals surface area contributed by atoms with Gasteiger partial charge in [0.15, 0.2) is 0 Å². The third-order valence-corrected chi connectivity index (χ3v) is 6.53. The first-order valence-corrected chi connectivity index (χ1v) is 10.5. The van der Waals surface area contributed by atoms with Crippen molar-refractivity contribution in [1.82, 2.24) is 9.21 Å². The van der Waals surface area contributed by atoms with Crippen molar-refractivity contribution in [3.05, 3.63) is 59.9 Å². The van der Waals surface area contributed by atoms with Crippen molar-refractivity contribution in [3.63, 3.8) is 0 Å². The number of benzene rings is 2. The highest BCUT2D eigenvalue weighted by molar-refractivity contribution is 7.89. The zero-order valence-corrected chi connectivity index (χ0v) is 16.5. The molecule has 0 radical (unpaired) electrons. The summed E-state index contributed by atoms with van der Waals surface area (Å²) < 4.78 is 45.4. The molecule has 3 rings (SSSR count). The van der Waals surface area contributed by atoms with Crippen molar-refractivity contribution in [2.75, 3.05) is 32.8 Å². The lowest BCUT2D eigenvalue weighted by atomic mass is 10.2. The van der Waals surface area contributed by atoms with Gasteiger partial charge in [-0.05, 0) is 37.3 Å². The Bertz CT molecular complexity index is 923. The molecule has 0 spiro atoms. The minimum Gasteiger partial charge on any atom is -0.493 e. The van der Waals surface area contributed by atoms with Gasteiger partial charge in [0.1, 0.15) is 11.6 Å². The number of ether oxygens (including phenoxy) is 1. The summed E-state index contributed by atoms with van der Waals surface area (Å²) in [7, 11) is -3.76. The van der Waals surface area contributed by atoms with Gasteiger partial charge in [0.25, 0.3) is 0 Å². The van der Waals surface area contributed by atoms with E-state index < -0.39 is 15.8 Å². The number of hydrogen-bond donors (Lipinski definition) is 0. The molecule has 0 atom stereocenters. The molecule has 1 aliphatic heterocycles. The van der Waals surface area contributed by atoms with Gasteiger partial charge in [-0.3, -0.25) is 4.79 Å². The molecule has 28 heavy (non-hydrogen) atoms. The smallest absolute Gasteiger partial charge is 0.243 e. The van der Waals surface area contributed by atoms with E-state index in [9.17, 15) is 17.6 Å². The quantitative estimate of drug-likeness (QED) is 0.739. The lowest BCUT2D eigenvalue weighted by molar-refractivity contribution is -0.132. The first-order chi connectivity index (χ1) is 13.4. The van der Waals surface area contributed by atoms with E-state index in [4.69, 9.17) is 4.74 Å². The maximum absolute atomic E-state index is 13.3. The molecule has 1 aliphatic rings. The molecule has 2 aromatic rings. The minimum atomic E-state index is -3.76. The molecule has 0 aliphatic carbocycles. The van der Waals surface area contributed by atoms with Crippen LogP contribution >= 0.6 is 0 Å². The van der Waals surface area contributed by atoms with Gasteiger partial charge in [-0.25, -0.2) is 12.8 Å². The number of aryl methyl sites for hydroxylation is 1. The van der Waals surface area contributed by atoms with Gasteiger partial charge in [-0.1, -0.05) is 23.8 Å². The Morgan fingerprint density at radius 1 is 1.07 bits per heavy atom. The van der Waals surface area contributed by atoms with Crippen molar-refractivity contribution >= 4 is 15.9 Å². The van der Waals surface area contributed by atoms with E-state index in [0.717, 1.165) is 11.6 Å². The topological polar surface area (TPSA) is 66.9 Å². The first-order valence-electron chi connectivity index (χ1n) is 9.09. The van der Waals surface area contributed by atoms with E-state index in [1.807, 2.05) is 31.2 Å². The van der Waals surface area contributed by atoms with Gasteiger partial charge < -0.3 is 9.64 Å². The molecule has 8 heteroatoms. The number of amides is 1. The predicted molar refractivity (Wildman–Crippen MR) is 103 cm³/mol. The van der Waals surface area contributed by atoms with Crippen molar-refractivity contribution in [3.8, 4) is 5.75 Å². The highest BCUT2D eigenvalue weighted by Gasteiger charge is 2.30. The molecule has 2 aromatic carbocycles. The number of nitrogens with zero attached hydrogens (tertiary/aromatic N) is 2. The summed E-state index contributed by atoms with van der Waals surface area (Å²) in [6.45, 7) is 3.23. The van der Waals surface area contributed by atoms with E-state index in [-0.39, 0.29) is 36.9 Å². The second-order valence-corrected chi connectivity index (χ2v) is 8.59. The summed E-state index contributed by atoms with van der Waals surface area (Å²) in [4.78, 5) is 13.9. The summed E-state index contributed by atoms with van der Waals surface area (Å²) in [5.74, 6) is 0.0442. The van der Waals surface area contributed by atoms with Gasteiger partial charge in [0.05, 0.1) is 17.9 Å². The van der Waals surface area contributed by atoms with Gasteiger partial charge in [-0.15, -0.1) is 0 Å². The number of sulfonamides is 1. The third-order valence-electron chi connectivity index (χ3n) is 4.63. The predicted octanol–water partition coefficient (Wildman–Crippen LogP) is 2.44. The molecule has 0 N–H and O–H groups in total. The lowest BCUT2D eigenvalue weighted by Crippen LogP contribution is -2.50. The first kappa shape index (κ1) is 20.3. The molecule has 1 saturated heterocycles. The largest absolute Gasteiger partial charge is 0.493 e. The number of hydrogen-bond acceptors (Lipinski definition) is 4. The second-order valence-electron chi connectivity index (χ2n) is 6.65. The van der Waals surface area contributed by atoms with Crippen LogP contribution in [0.3, 0.4) is 0 Å². The van der Waals surface area contributed by atoms with Crippen LogP contribution in [-0.4, -0.2) is 56.3 Å². The second kappa shape index (κ2) is 8.70. The Morgan fingerprint density at radius 2 is 1.75 bits per heavy atom. The Morgan fingerprint density at radius 3 is 2.39 bits per heavy atom. The van der Waals surface area contributed by atoms with E-state index in [1.54, 1.807) is 4.90 Å². The Labute approximate surface area is 164 Å². The molecule has 0 bridgehead atoms. The number of rotatable bonds is 6. The van der Waals surface area contributed by atoms with Crippen LogP contribution in [0.1, 0.15) is 12.0 Å². The molecule has 6 nitrogen and oxygen atoms in total. The van der Waals surface area contributed by atoms with Gasteiger partial charge in [0, 0.05) is 26.2 Å². The Kier molecular flexibility index (Phi) is 6.31. The Balaban J connectivity index is 1.49. The molecule has 1 fully saturated rings. The van der Waals surface area contributed by atoms with Crippen molar-refractivity contribution in [1.29, 1.82) is 0 Å². The van der Waals surface area contributed by atoms with E-state index in [1.165, 1.54) is 22.5 Å². The third kappa shape index (κ3) is 4.88. The van der Waals surface area contributed by atoms with Crippen LogP contribution in [0.15, 0.2) is 53.4 Å². The summed E-state index contributed by atoms with van der Waals surface area (Å²) >= 11 is 0. The molecule has 1 amide bonds. The van der Waals surface area contributed by atoms with Crippen LogP contribution in [0.5, 0.6) is 5.75 Å². The fraction of sp³-hybridized carbons (Fsp3) is 0.350. The van der Waals surface area contributed by atoms with Crippen LogP contribution in [0.25, 0.3) is 0 Å². The molecular formula is C20H23FN2O4S. The monoisotopic (exact) mass is 406 g/mol. The fourth-order valence-corrected chi connectivity index (χ4v) is 4.46. The normalized spacial score (nSPS) is 15.4. The minimum absolute atomic E-state index is 0.0706. The molecule has 1 heterocycles. The highest BCUT2D eigenvalue weighted by Crippen LogP contribution is 2.19. The standard InChI is InChI=1S/C20H23FN2O4S/c1-16-5-7-18(8-6-16)27-14-9-20(24)22-10-12-23(13-11-22)28(25,26)19-4-2-3-17(21)15-19/h2-8,15H,9-14H2,1H3. The van der Waals surface area contributed by atoms with Crippen LogP contribution in [0.4, 0.5) is 4.39 Å². The summed E-state index contributed by atoms with van der Waals surface area (Å²) in [6.07, 6.45) is 0.227. The Hall–Kier alpha value is -2.45. The van der Waals surface area contributed by atoms with Crippen LogP contribution in [-0.2, 0) is 14.8 Å². The van der Waals surface area contributed by atoms with Crippen molar-refractivity contribution < 1.29 is 22.3 Å². The van der Waals surface area contributed by atoms with E-state index in [0.29, 0.717) is 18.8 Å². The fourth-order valence-electron chi connectivity index (χ4n) is 3.00. The van der Waals surface area contributed by atoms with Crippen molar-refractivity contribution in [2.24, 2.45) is 0 Å². The number of carbonyl (C=O) groups is 1. The zero-order valence-electron chi connectivity index (χ0n) is 15.7. The molecule has 0 saturated carbocycles. The van der Waals surface area contributed by atoms with Gasteiger partial charge in [0.2, 0.25) is 15.9 Å². The van der Waals surface area contributed by atoms with E-state index >= 15 is 0 Å². The molecule has 0 unspecified atom stereocenters. The zero-order chi connectivity index (χ0) is 20.1.